The first kappa shape index (κ1) is 36.7. The molecular formula is C34H36F2N3NaO6. The number of aliphatic hydroxyl groups excluding tert-OH is 2. The first-order chi connectivity index (χ1) is 21.3. The van der Waals surface area contributed by atoms with Gasteiger partial charge >= 0.3 is 35.5 Å². The second-order valence-electron chi connectivity index (χ2n) is 11.1. The number of aliphatic hydroxyl groups is 2. The van der Waals surface area contributed by atoms with Gasteiger partial charge < -0.3 is 26.6 Å². The smallest absolute Gasteiger partial charge is 1.00 e. The van der Waals surface area contributed by atoms with Gasteiger partial charge in [-0.2, -0.15) is 0 Å². The second kappa shape index (κ2) is 16.2. The van der Waals surface area contributed by atoms with E-state index in [1.807, 2.05) is 13.8 Å². The van der Waals surface area contributed by atoms with Crippen molar-refractivity contribution in [2.45, 2.75) is 64.7 Å². The average molecular weight is 644 g/mol. The molecule has 2 aromatic heterocycles. The predicted octanol–water partition coefficient (Wildman–Crippen LogP) is 3.17. The molecule has 46 heavy (non-hydrogen) atoms. The van der Waals surface area contributed by atoms with Crippen LogP contribution in [-0.2, 0) is 11.2 Å². The monoisotopic (exact) mass is 643 g/mol. The molecule has 0 radical (unpaired) electrons. The molecule has 9 nitrogen and oxygen atoms in total. The van der Waals surface area contributed by atoms with Crippen LogP contribution in [0.2, 0.25) is 0 Å². The largest absolute Gasteiger partial charge is 1.00 e. The summed E-state index contributed by atoms with van der Waals surface area (Å²) in [7, 11) is 0. The summed E-state index contributed by atoms with van der Waals surface area (Å²) in [5, 5.41) is 32.6. The van der Waals surface area contributed by atoms with E-state index in [2.05, 4.69) is 10.3 Å². The Morgan fingerprint density at radius 3 is 1.93 bits per heavy atom. The molecule has 0 saturated heterocycles. The SMILES string of the molecule is CC(=O)c1ccc(NC(=O)c2c(-c3ccc(F)cc3)c(-c3ccc(F)cc3)c(CC[C@@H](O)C[C@@H](O)CC(=O)O)n2C(C)C)nc1.[H-].[Na+]. The van der Waals surface area contributed by atoms with Crippen LogP contribution in [0, 0.1) is 11.6 Å². The van der Waals surface area contributed by atoms with Crippen LogP contribution in [0.15, 0.2) is 66.9 Å². The van der Waals surface area contributed by atoms with E-state index in [0.29, 0.717) is 33.5 Å². The molecule has 0 aliphatic rings. The molecule has 2 heterocycles. The molecule has 0 saturated carbocycles. The van der Waals surface area contributed by atoms with E-state index in [9.17, 15) is 33.4 Å². The van der Waals surface area contributed by atoms with E-state index in [1.165, 1.54) is 43.5 Å². The van der Waals surface area contributed by atoms with Crippen molar-refractivity contribution in [1.29, 1.82) is 0 Å². The van der Waals surface area contributed by atoms with Gasteiger partial charge in [0.25, 0.3) is 5.91 Å². The van der Waals surface area contributed by atoms with Crippen LogP contribution in [0.1, 0.15) is 74.0 Å². The summed E-state index contributed by atoms with van der Waals surface area (Å²) in [6, 6.07) is 14.1. The van der Waals surface area contributed by atoms with Gasteiger partial charge in [-0.3, -0.25) is 14.4 Å². The third-order valence-electron chi connectivity index (χ3n) is 7.38. The number of carbonyl (C=O) groups excluding carboxylic acids is 2. The number of aromatic nitrogens is 2. The van der Waals surface area contributed by atoms with Gasteiger partial charge in [0.1, 0.15) is 23.1 Å². The molecule has 4 aromatic rings. The molecular weight excluding hydrogens is 607 g/mol. The molecule has 2 aromatic carbocycles. The molecule has 0 spiro atoms. The predicted molar refractivity (Wildman–Crippen MR) is 166 cm³/mol. The van der Waals surface area contributed by atoms with Gasteiger partial charge in [0.05, 0.1) is 18.6 Å². The summed E-state index contributed by atoms with van der Waals surface area (Å²) in [6.45, 7) is 5.15. The van der Waals surface area contributed by atoms with Gasteiger partial charge in [0.15, 0.2) is 5.78 Å². The van der Waals surface area contributed by atoms with Crippen LogP contribution in [0.3, 0.4) is 0 Å². The molecule has 1 amide bonds. The number of hydrogen-bond donors (Lipinski definition) is 4. The number of nitrogens with one attached hydrogen (secondary N) is 1. The zero-order chi connectivity index (χ0) is 32.8. The van der Waals surface area contributed by atoms with Gasteiger partial charge in [-0.05, 0) is 87.6 Å². The Bertz CT molecular complexity index is 1680. The number of carbonyl (C=O) groups is 3. The zero-order valence-corrected chi connectivity index (χ0v) is 28.1. The first-order valence-electron chi connectivity index (χ1n) is 14.5. The van der Waals surface area contributed by atoms with Crippen LogP contribution in [0.25, 0.3) is 22.3 Å². The van der Waals surface area contributed by atoms with E-state index in [0.717, 1.165) is 0 Å². The molecule has 238 valence electrons. The summed E-state index contributed by atoms with van der Waals surface area (Å²) in [5.74, 6) is -2.66. The Labute approximate surface area is 289 Å². The topological polar surface area (TPSA) is 142 Å². The van der Waals surface area contributed by atoms with Gasteiger partial charge in [-0.25, -0.2) is 13.8 Å². The van der Waals surface area contributed by atoms with Crippen LogP contribution in [0.5, 0.6) is 0 Å². The summed E-state index contributed by atoms with van der Waals surface area (Å²) >= 11 is 0. The summed E-state index contributed by atoms with van der Waals surface area (Å²) in [4.78, 5) is 41.1. The van der Waals surface area contributed by atoms with Crippen LogP contribution in [-0.4, -0.2) is 54.7 Å². The number of benzene rings is 2. The Morgan fingerprint density at radius 1 is 0.891 bits per heavy atom. The summed E-state index contributed by atoms with van der Waals surface area (Å²) < 4.78 is 29.9. The number of nitrogens with zero attached hydrogens (tertiary/aromatic N) is 2. The Kier molecular flexibility index (Phi) is 12.9. The van der Waals surface area contributed by atoms with Crippen molar-refractivity contribution in [3.8, 4) is 22.3 Å². The molecule has 4 rings (SSSR count). The normalized spacial score (nSPS) is 12.3. The maximum absolute atomic E-state index is 14.1. The maximum Gasteiger partial charge on any atom is 1.00 e. The zero-order valence-electron chi connectivity index (χ0n) is 27.1. The van der Waals surface area contributed by atoms with Crippen LogP contribution < -0.4 is 34.9 Å². The fourth-order valence-corrected chi connectivity index (χ4v) is 5.37. The Hall–Kier alpha value is -3.74. The number of Topliss-reactive ketones (excluding diaryl/α,β-unsaturated/α-hetero) is 1. The van der Waals surface area contributed by atoms with E-state index in [1.54, 1.807) is 34.9 Å². The van der Waals surface area contributed by atoms with Crippen molar-refractivity contribution in [2.75, 3.05) is 5.32 Å². The number of anilines is 1. The van der Waals surface area contributed by atoms with Crippen molar-refractivity contribution in [3.05, 3.63) is 95.4 Å². The van der Waals surface area contributed by atoms with Crippen molar-refractivity contribution in [3.63, 3.8) is 0 Å². The molecule has 0 fully saturated rings. The number of halogens is 2. The minimum absolute atomic E-state index is 0. The van der Waals surface area contributed by atoms with Gasteiger partial charge in [0, 0.05) is 34.6 Å². The van der Waals surface area contributed by atoms with Crippen molar-refractivity contribution < 1.29 is 69.5 Å². The fourth-order valence-electron chi connectivity index (χ4n) is 5.37. The molecule has 0 unspecified atom stereocenters. The maximum atomic E-state index is 14.1. The third-order valence-corrected chi connectivity index (χ3v) is 7.38. The summed E-state index contributed by atoms with van der Waals surface area (Å²) in [6.07, 6.45) is -1.33. The average Bonchev–Trinajstić information content (AvgIpc) is 3.32. The van der Waals surface area contributed by atoms with Crippen molar-refractivity contribution in [2.24, 2.45) is 0 Å². The van der Waals surface area contributed by atoms with Crippen LogP contribution in [0.4, 0.5) is 14.6 Å². The van der Waals surface area contributed by atoms with Crippen molar-refractivity contribution >= 4 is 23.5 Å². The number of aliphatic carboxylic acids is 1. The molecule has 2 atom stereocenters. The Balaban J connectivity index is 0.00000384. The number of ketones is 1. The minimum Gasteiger partial charge on any atom is -1.00 e. The third kappa shape index (κ3) is 8.95. The van der Waals surface area contributed by atoms with Gasteiger partial charge in [-0.15, -0.1) is 0 Å². The number of carboxylic acids is 1. The Morgan fingerprint density at radius 2 is 1.46 bits per heavy atom. The van der Waals surface area contributed by atoms with Gasteiger partial charge in [0.2, 0.25) is 0 Å². The number of carboxylic acid groups (broad SMARTS) is 1. The molecule has 0 aliphatic carbocycles. The van der Waals surface area contributed by atoms with E-state index in [-0.39, 0.29) is 73.6 Å². The molecule has 0 aliphatic heterocycles. The quantitative estimate of drug-likeness (QED) is 0.130. The van der Waals surface area contributed by atoms with Gasteiger partial charge in [-0.1, -0.05) is 24.3 Å². The van der Waals surface area contributed by atoms with E-state index < -0.39 is 42.1 Å². The summed E-state index contributed by atoms with van der Waals surface area (Å²) in [5.41, 5.74) is 3.31. The van der Waals surface area contributed by atoms with Crippen molar-refractivity contribution in [1.82, 2.24) is 9.55 Å². The number of rotatable bonds is 13. The number of hydrogen-bond acceptors (Lipinski definition) is 6. The second-order valence-corrected chi connectivity index (χ2v) is 11.1. The molecule has 4 N–H and O–H groups in total. The van der Waals surface area contributed by atoms with E-state index >= 15 is 0 Å². The molecule has 0 bridgehead atoms. The van der Waals surface area contributed by atoms with Crippen LogP contribution >= 0.6 is 0 Å². The number of pyridine rings is 1. The van der Waals surface area contributed by atoms with E-state index in [4.69, 9.17) is 5.11 Å². The fraction of sp³-hybridized carbons (Fsp3) is 0.294. The minimum atomic E-state index is -1.25. The first-order valence-corrected chi connectivity index (χ1v) is 14.5. The number of amides is 1. The molecule has 12 heteroatoms. The standard InChI is InChI=1S/C34H35F2N3O6.Na.H/c1-19(2)39-28(14-13-26(41)16-27(42)17-30(43)44)31(21-4-9-24(35)10-5-21)32(22-6-11-25(36)12-7-22)33(39)34(45)38-29-15-8-23(18-37-29)20(3)40;;/h4-12,15,18-19,26-27,41-42H,13-14,16-17H2,1-3H3,(H,43,44)(H,37,38,45);;/q;+1;-1/t26-,27-;;/m1../s1.